The van der Waals surface area contributed by atoms with Crippen molar-refractivity contribution in [2.45, 2.75) is 31.2 Å². The Morgan fingerprint density at radius 3 is 2.00 bits per heavy atom. The van der Waals surface area contributed by atoms with Crippen LogP contribution in [-0.2, 0) is 25.6 Å². The van der Waals surface area contributed by atoms with Crippen LogP contribution in [0.1, 0.15) is 26.3 Å². The van der Waals surface area contributed by atoms with Gasteiger partial charge in [-0.3, -0.25) is 0 Å². The highest BCUT2D eigenvalue weighted by Gasteiger charge is 2.45. The summed E-state index contributed by atoms with van der Waals surface area (Å²) in [6, 6.07) is 24.0. The molecule has 4 atom stereocenters. The summed E-state index contributed by atoms with van der Waals surface area (Å²) in [5, 5.41) is 11.0. The van der Waals surface area contributed by atoms with E-state index in [0.717, 1.165) is 5.56 Å². The molecule has 4 rings (SSSR count). The van der Waals surface area contributed by atoms with Crippen LogP contribution in [0, 0.1) is 0 Å². The van der Waals surface area contributed by atoms with Crippen LogP contribution in [-0.4, -0.2) is 55.4 Å². The van der Waals surface area contributed by atoms with Crippen LogP contribution in [0.5, 0.6) is 5.75 Å². The van der Waals surface area contributed by atoms with Gasteiger partial charge in [0.05, 0.1) is 31.5 Å². The fourth-order valence-corrected chi connectivity index (χ4v) is 3.57. The van der Waals surface area contributed by atoms with Gasteiger partial charge in [0.2, 0.25) is 0 Å². The Balaban J connectivity index is 1.47. The quantitative estimate of drug-likeness (QED) is 0.492. The third-order valence-electron chi connectivity index (χ3n) is 5.50. The number of methoxy groups -OCH3 is 1. The average Bonchev–Trinajstić information content (AvgIpc) is 2.91. The van der Waals surface area contributed by atoms with E-state index in [1.165, 1.54) is 0 Å². The minimum atomic E-state index is -1.37. The van der Waals surface area contributed by atoms with Crippen LogP contribution in [0.3, 0.4) is 0 Å². The van der Waals surface area contributed by atoms with Gasteiger partial charge in [0.15, 0.2) is 18.5 Å². The predicted molar refractivity (Wildman–Crippen MR) is 125 cm³/mol. The molecule has 1 aliphatic heterocycles. The molecule has 0 aliphatic carbocycles. The van der Waals surface area contributed by atoms with Crippen molar-refractivity contribution in [1.29, 1.82) is 0 Å². The Labute approximate surface area is 203 Å². The smallest absolute Gasteiger partial charge is 0.338 e. The highest BCUT2D eigenvalue weighted by atomic mass is 16.7. The molecule has 182 valence electrons. The van der Waals surface area contributed by atoms with Crippen LogP contribution >= 0.6 is 0 Å². The molecule has 0 radical (unpaired) electrons. The SMILES string of the molecule is COc1ccc(CO[C@@H]2OC[C@H](OC(=O)c3ccccc3)[C@H](O)[C@H]2OC(=O)c2ccccc2)cc1. The first kappa shape index (κ1) is 24.4. The molecule has 0 spiro atoms. The molecule has 8 heteroatoms. The first-order valence-electron chi connectivity index (χ1n) is 11.1. The lowest BCUT2D eigenvalue weighted by Crippen LogP contribution is -2.56. The summed E-state index contributed by atoms with van der Waals surface area (Å²) in [6.45, 7) is 0.00163. The fourth-order valence-electron chi connectivity index (χ4n) is 3.57. The lowest BCUT2D eigenvalue weighted by molar-refractivity contribution is -0.272. The zero-order valence-corrected chi connectivity index (χ0v) is 19.1. The highest BCUT2D eigenvalue weighted by Crippen LogP contribution is 2.25. The van der Waals surface area contributed by atoms with Crippen molar-refractivity contribution < 1.29 is 38.4 Å². The molecule has 0 amide bonds. The topological polar surface area (TPSA) is 101 Å². The Kier molecular flexibility index (Phi) is 8.10. The molecule has 3 aromatic rings. The molecule has 1 N–H and O–H groups in total. The summed E-state index contributed by atoms with van der Waals surface area (Å²) in [7, 11) is 1.58. The highest BCUT2D eigenvalue weighted by molar-refractivity contribution is 5.90. The number of aliphatic hydroxyl groups excluding tert-OH is 1. The molecule has 1 saturated heterocycles. The van der Waals surface area contributed by atoms with Gasteiger partial charge in [0.25, 0.3) is 0 Å². The van der Waals surface area contributed by atoms with Gasteiger partial charge in [-0.05, 0) is 42.0 Å². The number of hydrogen-bond donors (Lipinski definition) is 1. The second-order valence-corrected chi connectivity index (χ2v) is 7.90. The first-order chi connectivity index (χ1) is 17.0. The lowest BCUT2D eigenvalue weighted by Gasteiger charge is -2.38. The zero-order valence-electron chi connectivity index (χ0n) is 19.1. The molecule has 35 heavy (non-hydrogen) atoms. The fraction of sp³-hybridized carbons (Fsp3) is 0.259. The Bertz CT molecular complexity index is 1100. The van der Waals surface area contributed by atoms with Gasteiger partial charge in [-0.2, -0.15) is 0 Å². The summed E-state index contributed by atoms with van der Waals surface area (Å²) in [4.78, 5) is 25.2. The van der Waals surface area contributed by atoms with E-state index in [2.05, 4.69) is 0 Å². The van der Waals surface area contributed by atoms with Crippen molar-refractivity contribution >= 4 is 11.9 Å². The van der Waals surface area contributed by atoms with E-state index in [9.17, 15) is 14.7 Å². The second-order valence-electron chi connectivity index (χ2n) is 7.90. The Morgan fingerprint density at radius 2 is 1.43 bits per heavy atom. The molecule has 0 aromatic heterocycles. The van der Waals surface area contributed by atoms with Gasteiger partial charge in [0, 0.05) is 0 Å². The normalized spacial score (nSPS) is 21.7. The van der Waals surface area contributed by atoms with Crippen LogP contribution in [0.4, 0.5) is 0 Å². The third kappa shape index (κ3) is 6.24. The molecule has 1 aliphatic rings. The van der Waals surface area contributed by atoms with Crippen LogP contribution in [0.2, 0.25) is 0 Å². The molecule has 1 heterocycles. The lowest BCUT2D eigenvalue weighted by atomic mass is 10.0. The van der Waals surface area contributed by atoms with Crippen molar-refractivity contribution in [2.24, 2.45) is 0 Å². The minimum Gasteiger partial charge on any atom is -0.497 e. The zero-order chi connectivity index (χ0) is 24.6. The number of benzene rings is 3. The van der Waals surface area contributed by atoms with E-state index in [1.807, 2.05) is 12.1 Å². The number of rotatable bonds is 8. The summed E-state index contributed by atoms with van der Waals surface area (Å²) < 4.78 is 27.8. The number of ether oxygens (including phenoxy) is 5. The van der Waals surface area contributed by atoms with Gasteiger partial charge in [-0.25, -0.2) is 9.59 Å². The first-order valence-corrected chi connectivity index (χ1v) is 11.1. The average molecular weight is 478 g/mol. The Hall–Kier alpha value is -3.72. The summed E-state index contributed by atoms with van der Waals surface area (Å²) in [5.74, 6) is -0.578. The summed E-state index contributed by atoms with van der Waals surface area (Å²) in [6.07, 6.45) is -4.74. The van der Waals surface area contributed by atoms with E-state index in [4.69, 9.17) is 23.7 Å². The van der Waals surface area contributed by atoms with E-state index < -0.39 is 36.5 Å². The molecule has 8 nitrogen and oxygen atoms in total. The molecular weight excluding hydrogens is 452 g/mol. The van der Waals surface area contributed by atoms with Gasteiger partial charge >= 0.3 is 11.9 Å². The van der Waals surface area contributed by atoms with Gasteiger partial charge < -0.3 is 28.8 Å². The number of carbonyl (C=O) groups excluding carboxylic acids is 2. The standard InChI is InChI=1S/C27H26O8/c1-31-21-14-12-18(13-15-21)16-32-27-24(35-26(30)20-10-6-3-7-11-20)23(28)22(17-33-27)34-25(29)19-8-4-2-5-9-19/h2-15,22-24,27-28H,16-17H2,1H3/t22-,23-,24+,27+/m0/s1. The second kappa shape index (κ2) is 11.6. The number of carbonyl (C=O) groups is 2. The van der Waals surface area contributed by atoms with Crippen LogP contribution in [0.15, 0.2) is 84.9 Å². The van der Waals surface area contributed by atoms with Gasteiger partial charge in [0.1, 0.15) is 11.9 Å². The van der Waals surface area contributed by atoms with Gasteiger partial charge in [-0.1, -0.05) is 48.5 Å². The molecule has 1 fully saturated rings. The third-order valence-corrected chi connectivity index (χ3v) is 5.50. The Morgan fingerprint density at radius 1 is 0.857 bits per heavy atom. The van der Waals surface area contributed by atoms with Gasteiger partial charge in [-0.15, -0.1) is 0 Å². The summed E-state index contributed by atoms with van der Waals surface area (Å²) in [5.41, 5.74) is 1.46. The number of hydrogen-bond acceptors (Lipinski definition) is 8. The van der Waals surface area contributed by atoms with Crippen LogP contribution in [0.25, 0.3) is 0 Å². The van der Waals surface area contributed by atoms with Crippen molar-refractivity contribution in [3.8, 4) is 5.75 Å². The van der Waals surface area contributed by atoms with E-state index in [-0.39, 0.29) is 13.2 Å². The summed E-state index contributed by atoms with van der Waals surface area (Å²) >= 11 is 0. The molecule has 0 unspecified atom stereocenters. The maximum Gasteiger partial charge on any atom is 0.338 e. The van der Waals surface area contributed by atoms with Crippen molar-refractivity contribution in [1.82, 2.24) is 0 Å². The number of aliphatic hydroxyl groups is 1. The van der Waals surface area contributed by atoms with Crippen molar-refractivity contribution in [2.75, 3.05) is 13.7 Å². The largest absolute Gasteiger partial charge is 0.497 e. The van der Waals surface area contributed by atoms with Crippen LogP contribution < -0.4 is 4.74 Å². The van der Waals surface area contributed by atoms with Crippen molar-refractivity contribution in [3.05, 3.63) is 102 Å². The van der Waals surface area contributed by atoms with Crippen molar-refractivity contribution in [3.63, 3.8) is 0 Å². The molecule has 0 saturated carbocycles. The van der Waals surface area contributed by atoms with E-state index >= 15 is 0 Å². The maximum absolute atomic E-state index is 12.7. The predicted octanol–water partition coefficient (Wildman–Crippen LogP) is 3.38. The van der Waals surface area contributed by atoms with E-state index in [1.54, 1.807) is 79.9 Å². The molecule has 0 bridgehead atoms. The maximum atomic E-state index is 12.7. The minimum absolute atomic E-state index is 0.133. The molecule has 3 aromatic carbocycles. The number of esters is 2. The van der Waals surface area contributed by atoms with E-state index in [0.29, 0.717) is 16.9 Å². The monoisotopic (exact) mass is 478 g/mol. The molecular formula is C27H26O8.